The highest BCUT2D eigenvalue weighted by molar-refractivity contribution is 8.03. The van der Waals surface area contributed by atoms with Crippen LogP contribution in [-0.4, -0.2) is 23.0 Å². The van der Waals surface area contributed by atoms with Crippen molar-refractivity contribution in [3.05, 3.63) is 25.3 Å². The Hall–Kier alpha value is 0.180. The Morgan fingerprint density at radius 2 is 1.30 bits per heavy atom. The normalized spacial score (nSPS) is 9.20. The van der Waals surface area contributed by atoms with Gasteiger partial charge in [0, 0.05) is 23.0 Å². The molecule has 0 heterocycles. The molecular weight excluding hydrogens is 160 g/mol. The van der Waals surface area contributed by atoms with Gasteiger partial charge in [0.25, 0.3) is 0 Å². The monoisotopic (exact) mass is 174 g/mol. The van der Waals surface area contributed by atoms with Crippen LogP contribution < -0.4 is 0 Å². The Labute approximate surface area is 72.2 Å². The third-order valence-corrected chi connectivity index (χ3v) is 3.03. The van der Waals surface area contributed by atoms with Crippen molar-refractivity contribution in [3.8, 4) is 0 Å². The lowest BCUT2D eigenvalue weighted by Gasteiger charge is -1.95. The molecule has 0 radical (unpaired) electrons. The van der Waals surface area contributed by atoms with Crippen molar-refractivity contribution in [3.63, 3.8) is 0 Å². The van der Waals surface area contributed by atoms with Crippen molar-refractivity contribution in [2.24, 2.45) is 0 Å². The molecule has 0 amide bonds. The van der Waals surface area contributed by atoms with Gasteiger partial charge in [-0.15, -0.1) is 13.2 Å². The fourth-order valence-electron chi connectivity index (χ4n) is 0.451. The summed E-state index contributed by atoms with van der Waals surface area (Å²) in [4.78, 5) is 0. The van der Waals surface area contributed by atoms with Crippen LogP contribution in [0.3, 0.4) is 0 Å². The number of hydrogen-bond acceptors (Lipinski definition) is 2. The van der Waals surface area contributed by atoms with E-state index in [2.05, 4.69) is 13.2 Å². The largest absolute Gasteiger partial charge is 0.157 e. The Kier molecular flexibility index (Phi) is 9.35. The minimum Gasteiger partial charge on any atom is -0.157 e. The first-order chi connectivity index (χ1) is 4.91. The van der Waals surface area contributed by atoms with Crippen LogP contribution in [0.15, 0.2) is 25.3 Å². The van der Waals surface area contributed by atoms with Crippen LogP contribution in [0.5, 0.6) is 0 Å². The highest BCUT2D eigenvalue weighted by Gasteiger charge is 1.85. The molecule has 0 aromatic heterocycles. The Bertz CT molecular complexity index is 77.3. The van der Waals surface area contributed by atoms with Gasteiger partial charge in [-0.3, -0.25) is 0 Å². The minimum absolute atomic E-state index is 1.08. The van der Waals surface area contributed by atoms with Crippen LogP contribution in [0.1, 0.15) is 0 Å². The van der Waals surface area contributed by atoms with E-state index < -0.39 is 0 Å². The Morgan fingerprint density at radius 3 is 1.60 bits per heavy atom. The molecular formula is C8H14S2. The van der Waals surface area contributed by atoms with Crippen LogP contribution in [0, 0.1) is 0 Å². The second-order valence-electron chi connectivity index (χ2n) is 1.73. The van der Waals surface area contributed by atoms with E-state index in [9.17, 15) is 0 Å². The standard InChI is InChI=1S/C8H14S2/c1-3-5-9-7-8-10-6-4-2/h3-4H,1-2,5-8H2. The van der Waals surface area contributed by atoms with E-state index in [0.717, 1.165) is 11.5 Å². The first-order valence-electron chi connectivity index (χ1n) is 3.29. The van der Waals surface area contributed by atoms with Crippen molar-refractivity contribution >= 4 is 23.5 Å². The summed E-state index contributed by atoms with van der Waals surface area (Å²) in [6.07, 6.45) is 3.89. The van der Waals surface area contributed by atoms with Gasteiger partial charge < -0.3 is 0 Å². The molecule has 2 heteroatoms. The summed E-state index contributed by atoms with van der Waals surface area (Å²) >= 11 is 3.86. The predicted octanol–water partition coefficient (Wildman–Crippen LogP) is 2.82. The van der Waals surface area contributed by atoms with Gasteiger partial charge >= 0.3 is 0 Å². The van der Waals surface area contributed by atoms with Gasteiger partial charge in [-0.05, 0) is 0 Å². The molecule has 0 bridgehead atoms. The van der Waals surface area contributed by atoms with Gasteiger partial charge in [0.05, 0.1) is 0 Å². The van der Waals surface area contributed by atoms with Crippen molar-refractivity contribution < 1.29 is 0 Å². The van der Waals surface area contributed by atoms with Crippen molar-refractivity contribution in [1.82, 2.24) is 0 Å². The average Bonchev–Trinajstić information content (AvgIpc) is 1.97. The Morgan fingerprint density at radius 1 is 0.900 bits per heavy atom. The molecule has 0 fully saturated rings. The summed E-state index contributed by atoms with van der Waals surface area (Å²) in [5.74, 6) is 4.61. The molecule has 0 aliphatic rings. The lowest BCUT2D eigenvalue weighted by atomic mass is 10.8. The molecule has 0 atom stereocenters. The van der Waals surface area contributed by atoms with Crippen molar-refractivity contribution in [1.29, 1.82) is 0 Å². The van der Waals surface area contributed by atoms with Gasteiger partial charge in [0.2, 0.25) is 0 Å². The van der Waals surface area contributed by atoms with Crippen molar-refractivity contribution in [2.45, 2.75) is 0 Å². The van der Waals surface area contributed by atoms with Gasteiger partial charge in [-0.2, -0.15) is 23.5 Å². The molecule has 0 rings (SSSR count). The van der Waals surface area contributed by atoms with Crippen molar-refractivity contribution in [2.75, 3.05) is 23.0 Å². The third kappa shape index (κ3) is 8.18. The fourth-order valence-corrected chi connectivity index (χ4v) is 2.06. The van der Waals surface area contributed by atoms with E-state index in [1.165, 1.54) is 11.5 Å². The third-order valence-electron chi connectivity index (χ3n) is 0.843. The SMILES string of the molecule is C=CCSCCSCC=C. The molecule has 0 aromatic carbocycles. The van der Waals surface area contributed by atoms with E-state index in [0.29, 0.717) is 0 Å². The zero-order valence-corrected chi connectivity index (χ0v) is 7.85. The first kappa shape index (κ1) is 10.2. The van der Waals surface area contributed by atoms with E-state index >= 15 is 0 Å². The van der Waals surface area contributed by atoms with E-state index in [4.69, 9.17) is 0 Å². The predicted molar refractivity (Wildman–Crippen MR) is 55.0 cm³/mol. The van der Waals surface area contributed by atoms with Crippen LogP contribution in [0.4, 0.5) is 0 Å². The zero-order valence-electron chi connectivity index (χ0n) is 6.21. The lowest BCUT2D eigenvalue weighted by molar-refractivity contribution is 1.53. The topological polar surface area (TPSA) is 0 Å². The molecule has 0 aliphatic heterocycles. The second kappa shape index (κ2) is 9.18. The summed E-state index contributed by atoms with van der Waals surface area (Å²) in [6, 6.07) is 0. The molecule has 10 heavy (non-hydrogen) atoms. The number of hydrogen-bond donors (Lipinski definition) is 0. The van der Waals surface area contributed by atoms with Crippen LogP contribution in [0.25, 0.3) is 0 Å². The summed E-state index contributed by atoms with van der Waals surface area (Å²) in [7, 11) is 0. The molecule has 0 aromatic rings. The van der Waals surface area contributed by atoms with Crippen LogP contribution >= 0.6 is 23.5 Å². The number of thioether (sulfide) groups is 2. The zero-order chi connectivity index (χ0) is 7.66. The maximum Gasteiger partial charge on any atom is 0.0111 e. The summed E-state index contributed by atoms with van der Waals surface area (Å²) in [5, 5.41) is 0. The average molecular weight is 174 g/mol. The molecule has 0 saturated heterocycles. The Balaban J connectivity index is 2.76. The molecule has 0 unspecified atom stereocenters. The molecule has 0 spiro atoms. The first-order valence-corrected chi connectivity index (χ1v) is 5.60. The van der Waals surface area contributed by atoms with Gasteiger partial charge in [0.1, 0.15) is 0 Å². The van der Waals surface area contributed by atoms with E-state index in [1.807, 2.05) is 35.7 Å². The summed E-state index contributed by atoms with van der Waals surface area (Å²) < 4.78 is 0. The minimum atomic E-state index is 1.08. The molecule has 0 aliphatic carbocycles. The van der Waals surface area contributed by atoms with E-state index in [1.54, 1.807) is 0 Å². The molecule has 0 nitrogen and oxygen atoms in total. The molecule has 0 saturated carbocycles. The summed E-state index contributed by atoms with van der Waals surface area (Å²) in [6.45, 7) is 7.30. The highest BCUT2D eigenvalue weighted by atomic mass is 32.2. The van der Waals surface area contributed by atoms with Crippen LogP contribution in [0.2, 0.25) is 0 Å². The van der Waals surface area contributed by atoms with Crippen LogP contribution in [-0.2, 0) is 0 Å². The maximum absolute atomic E-state index is 3.65. The summed E-state index contributed by atoms with van der Waals surface area (Å²) in [5.41, 5.74) is 0. The molecule has 0 N–H and O–H groups in total. The highest BCUT2D eigenvalue weighted by Crippen LogP contribution is 2.06. The number of rotatable bonds is 7. The fraction of sp³-hybridized carbons (Fsp3) is 0.500. The smallest absolute Gasteiger partial charge is 0.0111 e. The lowest BCUT2D eigenvalue weighted by Crippen LogP contribution is -1.84. The van der Waals surface area contributed by atoms with Gasteiger partial charge in [0.15, 0.2) is 0 Å². The quantitative estimate of drug-likeness (QED) is 0.430. The molecule has 58 valence electrons. The van der Waals surface area contributed by atoms with Gasteiger partial charge in [-0.25, -0.2) is 0 Å². The maximum atomic E-state index is 3.65. The second-order valence-corrected chi connectivity index (χ2v) is 4.03. The van der Waals surface area contributed by atoms with E-state index in [-0.39, 0.29) is 0 Å². The van der Waals surface area contributed by atoms with Gasteiger partial charge in [-0.1, -0.05) is 12.2 Å².